The van der Waals surface area contributed by atoms with Crippen LogP contribution in [0.5, 0.6) is 11.6 Å². The molecule has 0 unspecified atom stereocenters. The quantitative estimate of drug-likeness (QED) is 0.576. The first-order valence-electron chi connectivity index (χ1n) is 8.22. The van der Waals surface area contributed by atoms with Crippen LogP contribution in [-0.4, -0.2) is 20.9 Å². The Morgan fingerprint density at radius 2 is 1.62 bits per heavy atom. The Hall–Kier alpha value is -3.60. The van der Waals surface area contributed by atoms with Crippen molar-refractivity contribution in [3.63, 3.8) is 0 Å². The lowest BCUT2D eigenvalue weighted by Crippen LogP contribution is -2.02. The molecule has 0 saturated heterocycles. The molecule has 5 heteroatoms. The zero-order valence-electron chi connectivity index (χ0n) is 13.9. The summed E-state index contributed by atoms with van der Waals surface area (Å²) in [7, 11) is 0. The monoisotopic (exact) mass is 344 g/mol. The molecule has 0 aliphatic heterocycles. The summed E-state index contributed by atoms with van der Waals surface area (Å²) in [4.78, 5) is 11.4. The highest BCUT2D eigenvalue weighted by Crippen LogP contribution is 2.31. The topological polar surface area (TPSA) is 64.3 Å². The Morgan fingerprint density at radius 3 is 2.42 bits per heavy atom. The Labute approximate surface area is 150 Å². The van der Waals surface area contributed by atoms with Gasteiger partial charge >= 0.3 is 5.97 Å². The lowest BCUT2D eigenvalue weighted by atomic mass is 10.2. The first-order valence-corrected chi connectivity index (χ1v) is 8.22. The second kappa shape index (κ2) is 6.72. The first kappa shape index (κ1) is 15.9. The molecular weight excluding hydrogens is 328 g/mol. The van der Waals surface area contributed by atoms with Crippen molar-refractivity contribution in [3.8, 4) is 11.6 Å². The normalized spacial score (nSPS) is 10.8. The maximum absolute atomic E-state index is 11.4. The van der Waals surface area contributed by atoms with Gasteiger partial charge in [-0.2, -0.15) is 0 Å². The molecule has 5 nitrogen and oxygen atoms in total. The van der Waals surface area contributed by atoms with Gasteiger partial charge in [0.15, 0.2) is 0 Å². The van der Waals surface area contributed by atoms with E-state index in [1.807, 2.05) is 59.3 Å². The average molecular weight is 344 g/mol. The highest BCUT2D eigenvalue weighted by atomic mass is 16.5. The summed E-state index contributed by atoms with van der Waals surface area (Å²) in [6.45, 7) is 0.602. The number of fused-ring (bicyclic) bond motifs is 1. The molecule has 1 aromatic heterocycles. The Balaban J connectivity index is 1.76. The van der Waals surface area contributed by atoms with Gasteiger partial charge in [0.25, 0.3) is 0 Å². The fourth-order valence-electron chi connectivity index (χ4n) is 2.89. The van der Waals surface area contributed by atoms with Gasteiger partial charge in [0.1, 0.15) is 11.3 Å². The molecule has 0 atom stereocenters. The number of benzene rings is 3. The maximum atomic E-state index is 11.4. The third-order valence-corrected chi connectivity index (χ3v) is 4.12. The van der Waals surface area contributed by atoms with Crippen LogP contribution in [0.2, 0.25) is 0 Å². The second-order valence-electron chi connectivity index (χ2n) is 5.87. The highest BCUT2D eigenvalue weighted by molar-refractivity contribution is 5.91. The van der Waals surface area contributed by atoms with Gasteiger partial charge < -0.3 is 9.84 Å². The predicted molar refractivity (Wildman–Crippen MR) is 98.8 cm³/mol. The van der Waals surface area contributed by atoms with Crippen LogP contribution in [0, 0.1) is 0 Å². The summed E-state index contributed by atoms with van der Waals surface area (Å²) >= 11 is 0. The summed E-state index contributed by atoms with van der Waals surface area (Å²) in [5.74, 6) is -0.367. The lowest BCUT2D eigenvalue weighted by Gasteiger charge is -2.06. The molecule has 0 radical (unpaired) electrons. The molecule has 0 aliphatic rings. The molecule has 0 amide bonds. The third kappa shape index (κ3) is 3.02. The molecule has 4 rings (SSSR count). The van der Waals surface area contributed by atoms with Crippen LogP contribution in [0.25, 0.3) is 10.9 Å². The van der Waals surface area contributed by atoms with Gasteiger partial charge in [-0.05, 0) is 29.8 Å². The van der Waals surface area contributed by atoms with Crippen LogP contribution in [0.1, 0.15) is 15.9 Å². The molecule has 26 heavy (non-hydrogen) atoms. The van der Waals surface area contributed by atoms with Gasteiger partial charge in [0.2, 0.25) is 5.88 Å². The molecule has 0 saturated carbocycles. The van der Waals surface area contributed by atoms with Crippen LogP contribution in [-0.2, 0) is 6.54 Å². The number of para-hydroxylation sites is 2. The number of carbonyl (C=O) groups is 1. The number of carboxylic acids is 1. The number of hydrogen-bond acceptors (Lipinski definition) is 3. The van der Waals surface area contributed by atoms with Gasteiger partial charge in [-0.1, -0.05) is 54.6 Å². The summed E-state index contributed by atoms with van der Waals surface area (Å²) in [5, 5.41) is 14.8. The molecule has 1 heterocycles. The van der Waals surface area contributed by atoms with Crippen molar-refractivity contribution in [2.24, 2.45) is 0 Å². The minimum absolute atomic E-state index is 0.106. The maximum Gasteiger partial charge on any atom is 0.339 e. The average Bonchev–Trinajstić information content (AvgIpc) is 3.00. The number of nitrogens with zero attached hydrogens (tertiary/aromatic N) is 2. The highest BCUT2D eigenvalue weighted by Gasteiger charge is 2.16. The van der Waals surface area contributed by atoms with E-state index < -0.39 is 5.97 Å². The van der Waals surface area contributed by atoms with Crippen molar-refractivity contribution < 1.29 is 14.6 Å². The van der Waals surface area contributed by atoms with Crippen LogP contribution < -0.4 is 4.74 Å². The summed E-state index contributed by atoms with van der Waals surface area (Å²) in [6, 6.07) is 24.3. The van der Waals surface area contributed by atoms with Crippen molar-refractivity contribution >= 4 is 16.9 Å². The van der Waals surface area contributed by atoms with Crippen LogP contribution >= 0.6 is 0 Å². The van der Waals surface area contributed by atoms with Crippen LogP contribution in [0.4, 0.5) is 0 Å². The molecule has 0 fully saturated rings. The number of hydrogen-bond donors (Lipinski definition) is 1. The van der Waals surface area contributed by atoms with E-state index in [4.69, 9.17) is 4.74 Å². The van der Waals surface area contributed by atoms with Crippen molar-refractivity contribution in [1.29, 1.82) is 0 Å². The zero-order valence-corrected chi connectivity index (χ0v) is 13.9. The number of rotatable bonds is 5. The van der Waals surface area contributed by atoms with E-state index in [1.54, 1.807) is 18.2 Å². The first-order chi connectivity index (χ1) is 12.7. The molecule has 4 aromatic rings. The Morgan fingerprint density at radius 1 is 0.923 bits per heavy atom. The molecule has 0 bridgehead atoms. The Bertz CT molecular complexity index is 1070. The fraction of sp³-hybridized carbons (Fsp3) is 0.0476. The van der Waals surface area contributed by atoms with Crippen molar-refractivity contribution in [1.82, 2.24) is 9.78 Å². The molecule has 3 aromatic carbocycles. The SMILES string of the molecule is O=C(O)c1ccccc1Oc1nn(Cc2ccccc2)c2ccccc12. The van der Waals surface area contributed by atoms with Gasteiger partial charge in [0.05, 0.1) is 17.4 Å². The predicted octanol–water partition coefficient (Wildman–Crippen LogP) is 4.58. The van der Waals surface area contributed by atoms with Gasteiger partial charge in [0, 0.05) is 0 Å². The molecular formula is C21H16N2O3. The molecule has 0 spiro atoms. The number of aromatic nitrogens is 2. The number of aromatic carboxylic acids is 1. The second-order valence-corrected chi connectivity index (χ2v) is 5.87. The van der Waals surface area contributed by atoms with E-state index in [9.17, 15) is 9.90 Å². The third-order valence-electron chi connectivity index (χ3n) is 4.12. The van der Waals surface area contributed by atoms with Crippen molar-refractivity contribution in [3.05, 3.63) is 90.0 Å². The van der Waals surface area contributed by atoms with Gasteiger partial charge in [-0.3, -0.25) is 4.68 Å². The summed E-state index contributed by atoms with van der Waals surface area (Å²) < 4.78 is 7.75. The molecule has 0 aliphatic carbocycles. The van der Waals surface area contributed by atoms with E-state index in [2.05, 4.69) is 5.10 Å². The van der Waals surface area contributed by atoms with Crippen molar-refractivity contribution in [2.45, 2.75) is 6.54 Å². The lowest BCUT2D eigenvalue weighted by molar-refractivity contribution is 0.0694. The minimum Gasteiger partial charge on any atom is -0.478 e. The van der Waals surface area contributed by atoms with Crippen molar-refractivity contribution in [2.75, 3.05) is 0 Å². The molecule has 128 valence electrons. The minimum atomic E-state index is -1.03. The van der Waals surface area contributed by atoms with Crippen LogP contribution in [0.15, 0.2) is 78.9 Å². The van der Waals surface area contributed by atoms with E-state index >= 15 is 0 Å². The zero-order chi connectivity index (χ0) is 17.9. The number of carboxylic acid groups (broad SMARTS) is 1. The van der Waals surface area contributed by atoms with Gasteiger partial charge in [-0.25, -0.2) is 4.79 Å². The van der Waals surface area contributed by atoms with Gasteiger partial charge in [-0.15, -0.1) is 5.10 Å². The fourth-order valence-corrected chi connectivity index (χ4v) is 2.89. The van der Waals surface area contributed by atoms with E-state index in [1.165, 1.54) is 6.07 Å². The number of ether oxygens (including phenoxy) is 1. The smallest absolute Gasteiger partial charge is 0.339 e. The van der Waals surface area contributed by atoms with E-state index in [-0.39, 0.29) is 11.3 Å². The van der Waals surface area contributed by atoms with E-state index in [0.29, 0.717) is 12.4 Å². The Kier molecular flexibility index (Phi) is 4.11. The summed E-state index contributed by atoms with van der Waals surface area (Å²) in [5.41, 5.74) is 2.16. The molecule has 1 N–H and O–H groups in total. The largest absolute Gasteiger partial charge is 0.478 e. The van der Waals surface area contributed by atoms with E-state index in [0.717, 1.165) is 16.5 Å². The van der Waals surface area contributed by atoms with Crippen LogP contribution in [0.3, 0.4) is 0 Å². The summed E-state index contributed by atoms with van der Waals surface area (Å²) in [6.07, 6.45) is 0. The standard InChI is InChI=1S/C21H16N2O3/c24-21(25)17-11-5-7-13-19(17)26-20-16-10-4-6-12-18(16)23(22-20)14-15-8-2-1-3-9-15/h1-13H,14H2,(H,24,25).